The van der Waals surface area contributed by atoms with E-state index in [0.717, 1.165) is 0 Å². The van der Waals surface area contributed by atoms with Crippen molar-refractivity contribution in [3.63, 3.8) is 0 Å². The van der Waals surface area contributed by atoms with Crippen LogP contribution in [0.25, 0.3) is 6.08 Å². The number of esters is 2. The van der Waals surface area contributed by atoms with Crippen LogP contribution in [-0.4, -0.2) is 42.5 Å². The molecule has 31 heavy (non-hydrogen) atoms. The van der Waals surface area contributed by atoms with Crippen LogP contribution in [-0.2, 0) is 14.4 Å². The molecule has 0 fully saturated rings. The molecule has 164 valence electrons. The van der Waals surface area contributed by atoms with Gasteiger partial charge in [-0.1, -0.05) is 18.2 Å². The van der Waals surface area contributed by atoms with E-state index in [1.165, 1.54) is 37.5 Å². The van der Waals surface area contributed by atoms with Gasteiger partial charge in [0.2, 0.25) is 0 Å². The van der Waals surface area contributed by atoms with Crippen LogP contribution in [0.2, 0.25) is 0 Å². The lowest BCUT2D eigenvalue weighted by atomic mass is 10.1. The van der Waals surface area contributed by atoms with E-state index in [1.54, 1.807) is 24.3 Å². The van der Waals surface area contributed by atoms with Gasteiger partial charge in [-0.15, -0.1) is 10.1 Å². The molecule has 0 amide bonds. The standard InChI is InChI=1S/C21H21NO9/c1-28-19-14-15(9-11-20(24)29-12-4-5-13-30-22(26)27)8-10-18(19)31-21(25)16-6-2-3-7-17(16)23/h2-3,6-11,14,23H,4-5,12-13H2,1H3. The van der Waals surface area contributed by atoms with E-state index in [0.29, 0.717) is 18.4 Å². The molecule has 0 radical (unpaired) electrons. The van der Waals surface area contributed by atoms with Crippen LogP contribution in [0.1, 0.15) is 28.8 Å². The molecule has 1 N–H and O–H groups in total. The lowest BCUT2D eigenvalue weighted by Gasteiger charge is -2.10. The molecule has 0 atom stereocenters. The van der Waals surface area contributed by atoms with E-state index >= 15 is 0 Å². The molecule has 0 aliphatic carbocycles. The van der Waals surface area contributed by atoms with E-state index in [-0.39, 0.29) is 36.0 Å². The maximum atomic E-state index is 12.2. The van der Waals surface area contributed by atoms with Crippen LogP contribution in [0, 0.1) is 10.1 Å². The topological polar surface area (TPSA) is 134 Å². The Balaban J connectivity index is 1.90. The number of hydrogen-bond donors (Lipinski definition) is 1. The van der Waals surface area contributed by atoms with Gasteiger partial charge in [0, 0.05) is 6.08 Å². The fourth-order valence-electron chi connectivity index (χ4n) is 2.40. The third kappa shape index (κ3) is 7.69. The first-order chi connectivity index (χ1) is 14.9. The zero-order chi connectivity index (χ0) is 22.6. The molecule has 0 spiro atoms. The summed E-state index contributed by atoms with van der Waals surface area (Å²) in [6.07, 6.45) is 3.53. The molecule has 10 heteroatoms. The number of carbonyl (C=O) groups excluding carboxylic acids is 2. The third-order valence-electron chi connectivity index (χ3n) is 3.91. The monoisotopic (exact) mass is 431 g/mol. The van der Waals surface area contributed by atoms with Crippen LogP contribution < -0.4 is 9.47 Å². The fourth-order valence-corrected chi connectivity index (χ4v) is 2.40. The average molecular weight is 431 g/mol. The second-order valence-electron chi connectivity index (χ2n) is 6.08. The number of benzene rings is 2. The second-order valence-corrected chi connectivity index (χ2v) is 6.08. The molecule has 0 heterocycles. The zero-order valence-corrected chi connectivity index (χ0v) is 16.7. The number of hydrogen-bond acceptors (Lipinski definition) is 9. The number of para-hydroxylation sites is 1. The summed E-state index contributed by atoms with van der Waals surface area (Å²) in [6, 6.07) is 10.7. The second kappa shape index (κ2) is 11.8. The number of phenols is 1. The molecule has 10 nitrogen and oxygen atoms in total. The maximum absolute atomic E-state index is 12.2. The van der Waals surface area contributed by atoms with Gasteiger partial charge in [-0.2, -0.15) is 0 Å². The van der Waals surface area contributed by atoms with Crippen molar-refractivity contribution in [3.05, 3.63) is 69.8 Å². The van der Waals surface area contributed by atoms with Gasteiger partial charge in [0.05, 0.1) is 20.3 Å². The smallest absolute Gasteiger partial charge is 0.347 e. The molecule has 0 aliphatic rings. The van der Waals surface area contributed by atoms with E-state index in [2.05, 4.69) is 4.84 Å². The first-order valence-electron chi connectivity index (χ1n) is 9.21. The Kier molecular flexibility index (Phi) is 8.84. The van der Waals surface area contributed by atoms with Crippen molar-refractivity contribution in [2.24, 2.45) is 0 Å². The first kappa shape index (κ1) is 23.2. The summed E-state index contributed by atoms with van der Waals surface area (Å²) in [5.41, 5.74) is 0.608. The predicted octanol–water partition coefficient (Wildman–Crippen LogP) is 3.16. The highest BCUT2D eigenvalue weighted by molar-refractivity contribution is 5.94. The molecule has 0 aromatic heterocycles. The van der Waals surface area contributed by atoms with Crippen LogP contribution >= 0.6 is 0 Å². The number of nitrogens with zero attached hydrogens (tertiary/aromatic N) is 1. The molecule has 0 unspecified atom stereocenters. The Hall–Kier alpha value is -4.08. The lowest BCUT2D eigenvalue weighted by Crippen LogP contribution is -2.09. The Labute approximate surface area is 177 Å². The summed E-state index contributed by atoms with van der Waals surface area (Å²) in [5.74, 6) is -1.12. The molecule has 2 aromatic rings. The molecule has 0 saturated heterocycles. The zero-order valence-electron chi connectivity index (χ0n) is 16.7. The summed E-state index contributed by atoms with van der Waals surface area (Å²) in [6.45, 7) is 0.0514. The Morgan fingerprint density at radius 1 is 1.10 bits per heavy atom. The minimum atomic E-state index is -0.874. The number of unbranched alkanes of at least 4 members (excludes halogenated alkanes) is 1. The van der Waals surface area contributed by atoms with Crippen molar-refractivity contribution in [1.29, 1.82) is 0 Å². The van der Waals surface area contributed by atoms with Crippen molar-refractivity contribution in [3.8, 4) is 17.2 Å². The number of methoxy groups -OCH3 is 1. The number of phenolic OH excluding ortho intramolecular Hbond substituents is 1. The van der Waals surface area contributed by atoms with Gasteiger partial charge in [-0.05, 0) is 48.7 Å². The summed E-state index contributed by atoms with van der Waals surface area (Å²) >= 11 is 0. The molecule has 0 bridgehead atoms. The minimum Gasteiger partial charge on any atom is -0.507 e. The highest BCUT2D eigenvalue weighted by Crippen LogP contribution is 2.30. The van der Waals surface area contributed by atoms with E-state index in [9.17, 15) is 24.8 Å². The van der Waals surface area contributed by atoms with Crippen molar-refractivity contribution in [2.75, 3.05) is 20.3 Å². The molecular weight excluding hydrogens is 410 g/mol. The van der Waals surface area contributed by atoms with Crippen LogP contribution in [0.3, 0.4) is 0 Å². The van der Waals surface area contributed by atoms with Gasteiger partial charge in [0.15, 0.2) is 11.5 Å². The number of ether oxygens (including phenoxy) is 3. The molecule has 2 aromatic carbocycles. The fraction of sp³-hybridized carbons (Fsp3) is 0.238. The quantitative estimate of drug-likeness (QED) is 0.142. The number of rotatable bonds is 11. The molecule has 0 aliphatic heterocycles. The Bertz CT molecular complexity index is 956. The average Bonchev–Trinajstić information content (AvgIpc) is 2.75. The maximum Gasteiger partial charge on any atom is 0.347 e. The van der Waals surface area contributed by atoms with Crippen molar-refractivity contribution < 1.29 is 38.8 Å². The predicted molar refractivity (Wildman–Crippen MR) is 108 cm³/mol. The van der Waals surface area contributed by atoms with Crippen LogP contribution in [0.15, 0.2) is 48.5 Å². The highest BCUT2D eigenvalue weighted by atomic mass is 16.9. The first-order valence-corrected chi connectivity index (χ1v) is 9.21. The summed E-state index contributed by atoms with van der Waals surface area (Å²) in [4.78, 5) is 38.1. The van der Waals surface area contributed by atoms with E-state index in [1.807, 2.05) is 0 Å². The third-order valence-corrected chi connectivity index (χ3v) is 3.91. The molecular formula is C21H21NO9. The number of aromatic hydroxyl groups is 1. The van der Waals surface area contributed by atoms with Gasteiger partial charge >= 0.3 is 11.9 Å². The van der Waals surface area contributed by atoms with Crippen molar-refractivity contribution >= 4 is 18.0 Å². The van der Waals surface area contributed by atoms with Gasteiger partial charge in [0.1, 0.15) is 11.3 Å². The summed E-state index contributed by atoms with van der Waals surface area (Å²) < 4.78 is 15.5. The van der Waals surface area contributed by atoms with Crippen LogP contribution in [0.5, 0.6) is 17.2 Å². The van der Waals surface area contributed by atoms with Crippen LogP contribution in [0.4, 0.5) is 0 Å². The van der Waals surface area contributed by atoms with E-state index < -0.39 is 17.0 Å². The van der Waals surface area contributed by atoms with E-state index in [4.69, 9.17) is 14.2 Å². The largest absolute Gasteiger partial charge is 0.507 e. The molecule has 0 saturated carbocycles. The van der Waals surface area contributed by atoms with Gasteiger partial charge in [-0.3, -0.25) is 0 Å². The van der Waals surface area contributed by atoms with Crippen molar-refractivity contribution in [2.45, 2.75) is 12.8 Å². The normalized spacial score (nSPS) is 10.5. The highest BCUT2D eigenvalue weighted by Gasteiger charge is 2.15. The van der Waals surface area contributed by atoms with Gasteiger partial charge in [-0.25, -0.2) is 9.59 Å². The Morgan fingerprint density at radius 3 is 2.55 bits per heavy atom. The SMILES string of the molecule is COc1cc(C=CC(=O)OCCCCO[N+](=O)[O-])ccc1OC(=O)c1ccccc1O. The lowest BCUT2D eigenvalue weighted by molar-refractivity contribution is -0.757. The number of carbonyl (C=O) groups is 2. The summed E-state index contributed by atoms with van der Waals surface area (Å²) in [5, 5.41) is 18.9. The Morgan fingerprint density at radius 2 is 1.84 bits per heavy atom. The minimum absolute atomic E-state index is 0.0150. The van der Waals surface area contributed by atoms with Crippen molar-refractivity contribution in [1.82, 2.24) is 0 Å². The van der Waals surface area contributed by atoms with Gasteiger partial charge in [0.25, 0.3) is 5.09 Å². The van der Waals surface area contributed by atoms with Gasteiger partial charge < -0.3 is 24.2 Å². The molecule has 2 rings (SSSR count). The summed E-state index contributed by atoms with van der Waals surface area (Å²) in [7, 11) is 1.40.